The van der Waals surface area contributed by atoms with Gasteiger partial charge < -0.3 is 20.5 Å². The molecule has 218 valence electrons. The number of nitrogens with one attached hydrogen (secondary N) is 2. The summed E-state index contributed by atoms with van der Waals surface area (Å²) < 4.78 is 33.4. The molecule has 2 aromatic rings. The molecule has 0 aromatic heterocycles. The van der Waals surface area contributed by atoms with E-state index in [1.165, 1.54) is 0 Å². The van der Waals surface area contributed by atoms with Crippen molar-refractivity contribution in [1.82, 2.24) is 15.5 Å². The maximum atomic E-state index is 14.1. The first-order valence-electron chi connectivity index (χ1n) is 14.1. The molecule has 0 unspecified atom stereocenters. The van der Waals surface area contributed by atoms with Crippen LogP contribution in [0.5, 0.6) is 0 Å². The Bertz CT molecular complexity index is 1160. The van der Waals surface area contributed by atoms with Crippen LogP contribution in [0.15, 0.2) is 54.6 Å². The predicted octanol–water partition coefficient (Wildman–Crippen LogP) is 5.12. The minimum atomic E-state index is -2.87. The maximum Gasteiger partial charge on any atom is 0.407 e. The topological polar surface area (TPSA) is 90.9 Å². The first-order chi connectivity index (χ1) is 18.8. The molecule has 40 heavy (non-hydrogen) atoms. The smallest absolute Gasteiger partial charge is 0.407 e. The van der Waals surface area contributed by atoms with E-state index in [-0.39, 0.29) is 18.9 Å². The molecule has 0 spiro atoms. The zero-order chi connectivity index (χ0) is 29.0. The summed E-state index contributed by atoms with van der Waals surface area (Å²) in [6.45, 7) is 8.06. The molecule has 2 aromatic carbocycles. The number of amides is 2. The van der Waals surface area contributed by atoms with Gasteiger partial charge in [0.05, 0.1) is 0 Å². The molecule has 7 nitrogen and oxygen atoms in total. The predicted molar refractivity (Wildman–Crippen MR) is 149 cm³/mol. The third-order valence-corrected chi connectivity index (χ3v) is 7.71. The van der Waals surface area contributed by atoms with Crippen molar-refractivity contribution in [3.8, 4) is 0 Å². The number of hydrogen-bond donors (Lipinski definition) is 3. The van der Waals surface area contributed by atoms with Crippen molar-refractivity contribution >= 4 is 12.0 Å². The van der Waals surface area contributed by atoms with Gasteiger partial charge in [0.15, 0.2) is 5.60 Å². The number of alkyl carbamates (subject to hydrolysis) is 1. The Morgan fingerprint density at radius 3 is 2.33 bits per heavy atom. The molecule has 2 fully saturated rings. The molecule has 1 saturated carbocycles. The fraction of sp³-hybridized carbons (Fsp3) is 0.548. The van der Waals surface area contributed by atoms with Crippen molar-refractivity contribution in [2.45, 2.75) is 89.1 Å². The summed E-state index contributed by atoms with van der Waals surface area (Å²) in [6, 6.07) is 16.3. The van der Waals surface area contributed by atoms with E-state index in [1.54, 1.807) is 30.3 Å². The second-order valence-electron chi connectivity index (χ2n) is 12.1. The van der Waals surface area contributed by atoms with E-state index in [4.69, 9.17) is 4.74 Å². The van der Waals surface area contributed by atoms with Crippen molar-refractivity contribution in [3.63, 3.8) is 0 Å². The van der Waals surface area contributed by atoms with Gasteiger partial charge in [0, 0.05) is 51.0 Å². The molecule has 3 N–H and O–H groups in total. The average molecular weight is 558 g/mol. The van der Waals surface area contributed by atoms with Crippen molar-refractivity contribution < 1.29 is 28.2 Å². The molecule has 2 atom stereocenters. The van der Waals surface area contributed by atoms with Crippen LogP contribution < -0.4 is 10.6 Å². The van der Waals surface area contributed by atoms with Gasteiger partial charge in [-0.3, -0.25) is 9.69 Å². The van der Waals surface area contributed by atoms with Crippen LogP contribution in [-0.4, -0.2) is 52.7 Å². The van der Waals surface area contributed by atoms with Crippen molar-refractivity contribution in [1.29, 1.82) is 0 Å². The highest BCUT2D eigenvalue weighted by Gasteiger charge is 2.53. The lowest BCUT2D eigenvalue weighted by Gasteiger charge is -2.37. The van der Waals surface area contributed by atoms with Crippen molar-refractivity contribution in [2.24, 2.45) is 5.92 Å². The molecule has 2 amide bonds. The molecule has 0 bridgehead atoms. The van der Waals surface area contributed by atoms with Gasteiger partial charge >= 0.3 is 6.09 Å². The van der Waals surface area contributed by atoms with Crippen LogP contribution in [0.1, 0.15) is 69.6 Å². The monoisotopic (exact) mass is 557 g/mol. The third kappa shape index (κ3) is 7.79. The number of hydrogen-bond acceptors (Lipinski definition) is 5. The second-order valence-corrected chi connectivity index (χ2v) is 12.1. The zero-order valence-electron chi connectivity index (χ0n) is 23.6. The number of alkyl halides is 2. The van der Waals surface area contributed by atoms with E-state index in [1.807, 2.05) is 39.0 Å². The lowest BCUT2D eigenvalue weighted by molar-refractivity contribution is -0.149. The summed E-state index contributed by atoms with van der Waals surface area (Å²) in [7, 11) is 0. The largest absolute Gasteiger partial charge is 0.444 e. The molecular formula is C31H41F2N3O4. The van der Waals surface area contributed by atoms with Crippen molar-refractivity contribution in [2.75, 3.05) is 13.1 Å². The van der Waals surface area contributed by atoms with E-state index in [2.05, 4.69) is 21.6 Å². The molecule has 2 aliphatic rings. The Morgan fingerprint density at radius 1 is 1.02 bits per heavy atom. The number of halogens is 2. The molecule has 4 rings (SSSR count). The van der Waals surface area contributed by atoms with E-state index in [9.17, 15) is 23.5 Å². The van der Waals surface area contributed by atoms with Crippen LogP contribution in [-0.2, 0) is 28.2 Å². The van der Waals surface area contributed by atoms with Gasteiger partial charge in [-0.2, -0.15) is 0 Å². The van der Waals surface area contributed by atoms with E-state index in [0.29, 0.717) is 24.9 Å². The zero-order valence-corrected chi connectivity index (χ0v) is 23.6. The number of carbonyl (C=O) groups excluding carboxylic acids is 2. The lowest BCUT2D eigenvalue weighted by Crippen LogP contribution is -2.54. The van der Waals surface area contributed by atoms with Crippen LogP contribution >= 0.6 is 0 Å². The standard InChI is InChI=1S/C31H41F2N3O4/c1-29(2,3)40-28(38)34-20-22-8-7-9-23(18-22)21-36-16-13-26(14-17-36)35-27(37)31(39,24-10-5-4-6-11-24)25-12-15-30(32,33)19-25/h4-11,18,25-26,39H,12-17,19-21H2,1-3H3,(H,34,38)(H,35,37)/t25-,31+/m1/s1. The SMILES string of the molecule is CC(C)(C)OC(=O)NCc1cccc(CN2CCC(NC(=O)[C@](O)(c3ccccc3)[C@@H]3CCC(F)(F)C3)CC2)c1. The Kier molecular flexibility index (Phi) is 9.15. The van der Waals surface area contributed by atoms with Crippen LogP contribution in [0.3, 0.4) is 0 Å². The summed E-state index contributed by atoms with van der Waals surface area (Å²) in [6.07, 6.45) is 0.196. The molecule has 9 heteroatoms. The highest BCUT2D eigenvalue weighted by Crippen LogP contribution is 2.47. The number of nitrogens with zero attached hydrogens (tertiary/aromatic N) is 1. The summed E-state index contributed by atoms with van der Waals surface area (Å²) in [4.78, 5) is 27.7. The van der Waals surface area contributed by atoms with Gasteiger partial charge in [-0.1, -0.05) is 54.6 Å². The van der Waals surface area contributed by atoms with Crippen LogP contribution in [0.2, 0.25) is 0 Å². The fourth-order valence-electron chi connectivity index (χ4n) is 5.67. The Balaban J connectivity index is 1.31. The number of piperidine rings is 1. The first-order valence-corrected chi connectivity index (χ1v) is 14.1. The fourth-order valence-corrected chi connectivity index (χ4v) is 5.67. The number of benzene rings is 2. The first kappa shape index (κ1) is 29.9. The molecule has 1 saturated heterocycles. The minimum Gasteiger partial charge on any atom is -0.444 e. The second kappa shape index (κ2) is 12.2. The number of rotatable bonds is 8. The maximum absolute atomic E-state index is 14.1. The van der Waals surface area contributed by atoms with E-state index < -0.39 is 41.5 Å². The molecule has 1 heterocycles. The number of aliphatic hydroxyl groups is 1. The van der Waals surface area contributed by atoms with Crippen LogP contribution in [0.4, 0.5) is 13.6 Å². The quantitative estimate of drug-likeness (QED) is 0.420. The van der Waals surface area contributed by atoms with Crippen LogP contribution in [0, 0.1) is 5.92 Å². The molecule has 1 aliphatic carbocycles. The summed E-state index contributed by atoms with van der Waals surface area (Å²) in [5.41, 5.74) is -0.0990. The molecule has 1 aliphatic heterocycles. The molecule has 0 radical (unpaired) electrons. The van der Waals surface area contributed by atoms with Gasteiger partial charge in [-0.05, 0) is 56.7 Å². The Labute approximate surface area is 235 Å². The number of carbonyl (C=O) groups is 2. The van der Waals surface area contributed by atoms with Gasteiger partial charge in [0.2, 0.25) is 5.92 Å². The Hall–Kier alpha value is -3.04. The van der Waals surface area contributed by atoms with Gasteiger partial charge in [-0.15, -0.1) is 0 Å². The Morgan fingerprint density at radius 2 is 1.70 bits per heavy atom. The van der Waals surface area contributed by atoms with Crippen LogP contribution in [0.25, 0.3) is 0 Å². The van der Waals surface area contributed by atoms with Gasteiger partial charge in [0.25, 0.3) is 5.91 Å². The average Bonchev–Trinajstić information content (AvgIpc) is 3.28. The summed E-state index contributed by atoms with van der Waals surface area (Å²) in [5.74, 6) is -4.31. The highest BCUT2D eigenvalue weighted by molar-refractivity contribution is 5.87. The van der Waals surface area contributed by atoms with Gasteiger partial charge in [-0.25, -0.2) is 13.6 Å². The normalized spacial score (nSPS) is 21.4. The number of ether oxygens (including phenoxy) is 1. The van der Waals surface area contributed by atoms with Crippen molar-refractivity contribution in [3.05, 3.63) is 71.3 Å². The summed E-state index contributed by atoms with van der Waals surface area (Å²) >= 11 is 0. The lowest BCUT2D eigenvalue weighted by atomic mass is 9.79. The molecular weight excluding hydrogens is 516 g/mol. The minimum absolute atomic E-state index is 0.0939. The van der Waals surface area contributed by atoms with E-state index >= 15 is 0 Å². The van der Waals surface area contributed by atoms with E-state index in [0.717, 1.165) is 30.8 Å². The number of likely N-dealkylation sites (tertiary alicyclic amines) is 1. The van der Waals surface area contributed by atoms with Gasteiger partial charge in [0.1, 0.15) is 5.60 Å². The summed E-state index contributed by atoms with van der Waals surface area (Å²) in [5, 5.41) is 17.4. The third-order valence-electron chi connectivity index (χ3n) is 7.71. The highest BCUT2D eigenvalue weighted by atomic mass is 19.3.